The van der Waals surface area contributed by atoms with Crippen LogP contribution in [0.5, 0.6) is 5.75 Å². The molecule has 5 rings (SSSR count). The normalized spacial score (nSPS) is 20.1. The van der Waals surface area contributed by atoms with Crippen molar-refractivity contribution in [3.05, 3.63) is 95.6 Å². The van der Waals surface area contributed by atoms with Gasteiger partial charge in [-0.05, 0) is 86.7 Å². The summed E-state index contributed by atoms with van der Waals surface area (Å²) < 4.78 is 5.77. The van der Waals surface area contributed by atoms with Gasteiger partial charge in [0.25, 0.3) is 5.91 Å². The summed E-state index contributed by atoms with van der Waals surface area (Å²) in [5, 5.41) is 34.2. The average Bonchev–Trinajstić information content (AvgIpc) is 3.26. The molecule has 0 saturated carbocycles. The average molecular weight is 614 g/mol. The van der Waals surface area contributed by atoms with Crippen molar-refractivity contribution in [3.8, 4) is 5.75 Å². The van der Waals surface area contributed by atoms with Crippen LogP contribution >= 0.6 is 0 Å². The Balaban J connectivity index is 1.59. The van der Waals surface area contributed by atoms with Gasteiger partial charge in [-0.3, -0.25) is 14.5 Å². The van der Waals surface area contributed by atoms with Crippen molar-refractivity contribution in [2.45, 2.75) is 57.7 Å². The first-order valence-electron chi connectivity index (χ1n) is 15.8. The summed E-state index contributed by atoms with van der Waals surface area (Å²) in [7, 11) is 0. The SMILES string of the molecule is CCOc1ccc2c(c1)CC(NCCCCO)C(=O)N2c1ccc2c(c1)[C@@](O)([C@H](C)/C=C/CCO)C(=O)N2Cc1ccccc1. The molecule has 2 aliphatic rings. The predicted octanol–water partition coefficient (Wildman–Crippen LogP) is 4.35. The number of hydrogen-bond donors (Lipinski definition) is 4. The van der Waals surface area contributed by atoms with Crippen LogP contribution in [0.2, 0.25) is 0 Å². The van der Waals surface area contributed by atoms with E-state index in [0.29, 0.717) is 49.4 Å². The Bertz CT molecular complexity index is 1530. The highest BCUT2D eigenvalue weighted by atomic mass is 16.5. The number of carbonyl (C=O) groups is 2. The third-order valence-electron chi connectivity index (χ3n) is 8.59. The van der Waals surface area contributed by atoms with Gasteiger partial charge in [0.2, 0.25) is 5.91 Å². The van der Waals surface area contributed by atoms with Crippen molar-refractivity contribution in [2.24, 2.45) is 5.92 Å². The number of benzene rings is 3. The van der Waals surface area contributed by atoms with Crippen molar-refractivity contribution in [2.75, 3.05) is 36.2 Å². The lowest BCUT2D eigenvalue weighted by Crippen LogP contribution is -2.49. The maximum Gasteiger partial charge on any atom is 0.264 e. The molecule has 3 atom stereocenters. The molecule has 45 heavy (non-hydrogen) atoms. The van der Waals surface area contributed by atoms with Gasteiger partial charge in [0.1, 0.15) is 5.75 Å². The van der Waals surface area contributed by atoms with Gasteiger partial charge in [-0.2, -0.15) is 0 Å². The van der Waals surface area contributed by atoms with Crippen LogP contribution in [0.25, 0.3) is 0 Å². The molecule has 0 fully saturated rings. The third kappa shape index (κ3) is 6.53. The van der Waals surface area contributed by atoms with Crippen LogP contribution in [0, 0.1) is 5.92 Å². The molecule has 2 heterocycles. The Labute approximate surface area is 264 Å². The van der Waals surface area contributed by atoms with Gasteiger partial charge in [0.15, 0.2) is 5.60 Å². The Hall–Kier alpha value is -4.02. The number of aliphatic hydroxyl groups excluding tert-OH is 2. The number of nitrogens with one attached hydrogen (secondary N) is 1. The van der Waals surface area contributed by atoms with Crippen LogP contribution in [-0.2, 0) is 28.2 Å². The molecule has 238 valence electrons. The zero-order chi connectivity index (χ0) is 32.0. The molecule has 0 radical (unpaired) electrons. The Kier molecular flexibility index (Phi) is 10.4. The fraction of sp³-hybridized carbons (Fsp3) is 0.389. The first kappa shape index (κ1) is 32.4. The number of unbranched alkanes of at least 4 members (excludes halogenated alkanes) is 1. The molecular weight excluding hydrogens is 570 g/mol. The third-order valence-corrected chi connectivity index (χ3v) is 8.59. The second-order valence-electron chi connectivity index (χ2n) is 11.6. The van der Waals surface area contributed by atoms with Crippen LogP contribution in [0.15, 0.2) is 78.9 Å². The minimum absolute atomic E-state index is 0.0346. The summed E-state index contributed by atoms with van der Waals surface area (Å²) in [6, 6.07) is 20.2. The lowest BCUT2D eigenvalue weighted by atomic mass is 9.82. The van der Waals surface area contributed by atoms with Gasteiger partial charge in [0, 0.05) is 30.4 Å². The minimum atomic E-state index is -1.88. The van der Waals surface area contributed by atoms with E-state index in [2.05, 4.69) is 5.32 Å². The lowest BCUT2D eigenvalue weighted by molar-refractivity contribution is -0.139. The molecule has 3 aromatic rings. The van der Waals surface area contributed by atoms with Gasteiger partial charge in [-0.25, -0.2) is 0 Å². The number of amides is 2. The zero-order valence-corrected chi connectivity index (χ0v) is 26.0. The molecule has 0 aliphatic carbocycles. The van der Waals surface area contributed by atoms with Crippen LogP contribution in [0.4, 0.5) is 17.1 Å². The second-order valence-corrected chi connectivity index (χ2v) is 11.6. The fourth-order valence-electron chi connectivity index (χ4n) is 6.23. The Morgan fingerprint density at radius 1 is 1.02 bits per heavy atom. The summed E-state index contributed by atoms with van der Waals surface area (Å²) in [4.78, 5) is 31.5. The summed E-state index contributed by atoms with van der Waals surface area (Å²) in [6.45, 7) is 5.16. The first-order chi connectivity index (χ1) is 21.8. The number of hydrogen-bond acceptors (Lipinski definition) is 7. The summed E-state index contributed by atoms with van der Waals surface area (Å²) in [5.41, 5.74) is 2.28. The Morgan fingerprint density at radius 3 is 2.53 bits per heavy atom. The molecule has 0 saturated heterocycles. The van der Waals surface area contributed by atoms with Gasteiger partial charge in [-0.1, -0.05) is 49.4 Å². The van der Waals surface area contributed by atoms with Gasteiger partial charge in [0.05, 0.1) is 30.6 Å². The van der Waals surface area contributed by atoms with Crippen molar-refractivity contribution in [1.82, 2.24) is 5.32 Å². The molecule has 9 nitrogen and oxygen atoms in total. The largest absolute Gasteiger partial charge is 0.494 e. The van der Waals surface area contributed by atoms with Crippen LogP contribution < -0.4 is 19.9 Å². The van der Waals surface area contributed by atoms with Crippen LogP contribution in [0.3, 0.4) is 0 Å². The van der Waals surface area contributed by atoms with Crippen molar-refractivity contribution >= 4 is 28.9 Å². The van der Waals surface area contributed by atoms with Crippen LogP contribution in [0.1, 0.15) is 49.8 Å². The molecule has 3 aromatic carbocycles. The van der Waals surface area contributed by atoms with Crippen molar-refractivity contribution < 1.29 is 29.6 Å². The summed E-state index contributed by atoms with van der Waals surface area (Å²) in [5.74, 6) is -0.459. The fourth-order valence-corrected chi connectivity index (χ4v) is 6.23. The minimum Gasteiger partial charge on any atom is -0.494 e. The van der Waals surface area contributed by atoms with E-state index in [4.69, 9.17) is 4.74 Å². The number of rotatable bonds is 14. The molecule has 0 aromatic heterocycles. The van der Waals surface area contributed by atoms with E-state index in [-0.39, 0.29) is 25.7 Å². The van der Waals surface area contributed by atoms with E-state index < -0.39 is 23.5 Å². The monoisotopic (exact) mass is 613 g/mol. The second kappa shape index (κ2) is 14.4. The lowest BCUT2D eigenvalue weighted by Gasteiger charge is -2.35. The standard InChI is InChI=1S/C36H43N3O6/c1-3-45-29-15-17-32-27(21-29)22-31(37-18-8-10-20-41)34(42)39(32)28-14-16-33-30(23-28)36(44,25(2)11-7-9-19-40)35(43)38(33)24-26-12-5-4-6-13-26/h4-7,11-17,21,23,25,31,37,40-41,44H,3,8-10,18-20,22,24H2,1-2H3/b11-7+/t25-,31?,36+/m1/s1. The van der Waals surface area contributed by atoms with E-state index in [0.717, 1.165) is 29.0 Å². The first-order valence-corrected chi connectivity index (χ1v) is 15.8. The topological polar surface area (TPSA) is 123 Å². The van der Waals surface area contributed by atoms with Gasteiger partial charge in [-0.15, -0.1) is 0 Å². The molecule has 2 amide bonds. The maximum absolute atomic E-state index is 14.1. The maximum atomic E-state index is 14.1. The quantitative estimate of drug-likeness (QED) is 0.158. The molecule has 0 spiro atoms. The van der Waals surface area contributed by atoms with E-state index >= 15 is 0 Å². The highest BCUT2D eigenvalue weighted by Crippen LogP contribution is 2.48. The van der Waals surface area contributed by atoms with E-state index in [9.17, 15) is 24.9 Å². The number of carbonyl (C=O) groups excluding carboxylic acids is 2. The number of aliphatic hydroxyl groups is 3. The van der Waals surface area contributed by atoms with Crippen molar-refractivity contribution in [3.63, 3.8) is 0 Å². The number of fused-ring (bicyclic) bond motifs is 2. The number of anilines is 3. The predicted molar refractivity (Wildman–Crippen MR) is 175 cm³/mol. The van der Waals surface area contributed by atoms with E-state index in [1.54, 1.807) is 34.9 Å². The molecule has 1 unspecified atom stereocenters. The van der Waals surface area contributed by atoms with E-state index in [1.165, 1.54) is 0 Å². The van der Waals surface area contributed by atoms with Crippen LogP contribution in [-0.4, -0.2) is 59.5 Å². The number of nitrogens with zero attached hydrogens (tertiary/aromatic N) is 2. The van der Waals surface area contributed by atoms with Crippen molar-refractivity contribution in [1.29, 1.82) is 0 Å². The zero-order valence-electron chi connectivity index (χ0n) is 26.0. The molecule has 0 bridgehead atoms. The Morgan fingerprint density at radius 2 is 1.80 bits per heavy atom. The summed E-state index contributed by atoms with van der Waals surface area (Å²) >= 11 is 0. The number of ether oxygens (including phenoxy) is 1. The molecule has 2 aliphatic heterocycles. The smallest absolute Gasteiger partial charge is 0.264 e. The van der Waals surface area contributed by atoms with E-state index in [1.807, 2.05) is 67.6 Å². The molecule has 9 heteroatoms. The highest BCUT2D eigenvalue weighted by Gasteiger charge is 2.53. The molecular formula is C36H43N3O6. The van der Waals surface area contributed by atoms with Gasteiger partial charge < -0.3 is 30.3 Å². The highest BCUT2D eigenvalue weighted by molar-refractivity contribution is 6.10. The van der Waals surface area contributed by atoms with Gasteiger partial charge >= 0.3 is 0 Å². The molecule has 4 N–H and O–H groups in total. The summed E-state index contributed by atoms with van der Waals surface area (Å²) in [6.07, 6.45) is 5.80.